The van der Waals surface area contributed by atoms with Crippen LogP contribution >= 0.6 is 11.3 Å². The number of nitrogens with one attached hydrogen (secondary N) is 1. The first-order valence-electron chi connectivity index (χ1n) is 8.83. The lowest BCUT2D eigenvalue weighted by Gasteiger charge is -2.12. The molecule has 1 aliphatic rings. The summed E-state index contributed by atoms with van der Waals surface area (Å²) in [7, 11) is 1.32. The maximum Gasteiger partial charge on any atom is 0.307 e. The molecule has 7 nitrogen and oxygen atoms in total. The van der Waals surface area contributed by atoms with E-state index in [0.717, 1.165) is 31.5 Å². The zero-order valence-corrected chi connectivity index (χ0v) is 16.1. The van der Waals surface area contributed by atoms with Gasteiger partial charge in [0.25, 0.3) is 11.5 Å². The second-order valence-corrected chi connectivity index (χ2v) is 7.69. The highest BCUT2D eigenvalue weighted by molar-refractivity contribution is 7.20. The van der Waals surface area contributed by atoms with Gasteiger partial charge in [0.15, 0.2) is 0 Å². The van der Waals surface area contributed by atoms with Crippen LogP contribution in [0.3, 0.4) is 0 Å². The van der Waals surface area contributed by atoms with Gasteiger partial charge in [-0.1, -0.05) is 6.42 Å². The lowest BCUT2D eigenvalue weighted by Crippen LogP contribution is -2.34. The number of ether oxygens (including phenoxy) is 1. The van der Waals surface area contributed by atoms with Gasteiger partial charge in [0.1, 0.15) is 10.7 Å². The summed E-state index contributed by atoms with van der Waals surface area (Å²) < 4.78 is 6.38. The Kier molecular flexibility index (Phi) is 5.41. The van der Waals surface area contributed by atoms with E-state index in [2.05, 4.69) is 15.0 Å². The molecule has 1 amide bonds. The third kappa shape index (κ3) is 3.51. The van der Waals surface area contributed by atoms with Crippen LogP contribution in [0.5, 0.6) is 0 Å². The van der Waals surface area contributed by atoms with E-state index in [4.69, 9.17) is 0 Å². The summed E-state index contributed by atoms with van der Waals surface area (Å²) in [5, 5.41) is 3.33. The van der Waals surface area contributed by atoms with Crippen LogP contribution in [0.4, 0.5) is 0 Å². The lowest BCUT2D eigenvalue weighted by molar-refractivity contribution is -0.141. The van der Waals surface area contributed by atoms with Gasteiger partial charge in [0.2, 0.25) is 0 Å². The molecule has 140 valence electrons. The van der Waals surface area contributed by atoms with Crippen molar-refractivity contribution >= 4 is 33.4 Å². The largest absolute Gasteiger partial charge is 0.469 e. The fourth-order valence-electron chi connectivity index (χ4n) is 3.30. The zero-order chi connectivity index (χ0) is 18.8. The van der Waals surface area contributed by atoms with E-state index >= 15 is 0 Å². The van der Waals surface area contributed by atoms with Gasteiger partial charge in [-0.15, -0.1) is 11.3 Å². The number of hydrogen-bond donors (Lipinski definition) is 1. The summed E-state index contributed by atoms with van der Waals surface area (Å²) in [5.74, 6) is 0.142. The minimum absolute atomic E-state index is 0.0534. The van der Waals surface area contributed by atoms with E-state index < -0.39 is 0 Å². The van der Waals surface area contributed by atoms with Crippen molar-refractivity contribution in [3.8, 4) is 0 Å². The van der Waals surface area contributed by atoms with E-state index in [1.54, 1.807) is 18.4 Å². The average Bonchev–Trinajstić information content (AvgIpc) is 2.77. The van der Waals surface area contributed by atoms with Gasteiger partial charge in [-0.05, 0) is 32.3 Å². The van der Waals surface area contributed by atoms with Crippen molar-refractivity contribution in [3.63, 3.8) is 0 Å². The molecular weight excluding hydrogens is 354 g/mol. The second kappa shape index (κ2) is 7.57. The summed E-state index contributed by atoms with van der Waals surface area (Å²) in [6, 6.07) is -0.356. The molecule has 0 aliphatic carbocycles. The van der Waals surface area contributed by atoms with Crippen LogP contribution in [0, 0.1) is 6.92 Å². The predicted octanol–water partition coefficient (Wildman–Crippen LogP) is 2.17. The molecule has 0 saturated heterocycles. The number of methoxy groups -OCH3 is 1. The smallest absolute Gasteiger partial charge is 0.307 e. The number of amides is 1. The Labute approximate surface area is 155 Å². The standard InChI is InChI=1S/C18H23N3O4S/c1-10(9-13(22)25-3)19-16(23)15-11(2)14-17(26-15)20-12-7-5-4-6-8-21(12)18(14)24/h10H,4-9H2,1-3H3,(H,19,23). The number of esters is 1. The summed E-state index contributed by atoms with van der Waals surface area (Å²) in [6.45, 7) is 4.21. The fourth-order valence-corrected chi connectivity index (χ4v) is 4.39. The normalized spacial score (nSPS) is 15.2. The molecule has 0 spiro atoms. The molecule has 26 heavy (non-hydrogen) atoms. The summed E-state index contributed by atoms with van der Waals surface area (Å²) in [6.07, 6.45) is 3.99. The van der Waals surface area contributed by atoms with Gasteiger partial charge < -0.3 is 10.1 Å². The zero-order valence-electron chi connectivity index (χ0n) is 15.3. The Balaban J connectivity index is 1.94. The Morgan fingerprint density at radius 2 is 2.12 bits per heavy atom. The van der Waals surface area contributed by atoms with Crippen molar-refractivity contribution in [1.29, 1.82) is 0 Å². The molecule has 0 radical (unpaired) electrons. The molecule has 8 heteroatoms. The molecule has 2 aromatic rings. The number of carbonyl (C=O) groups excluding carboxylic acids is 2. The Morgan fingerprint density at radius 3 is 2.85 bits per heavy atom. The molecule has 0 fully saturated rings. The van der Waals surface area contributed by atoms with Crippen molar-refractivity contribution in [3.05, 3.63) is 26.6 Å². The quantitative estimate of drug-likeness (QED) is 0.825. The van der Waals surface area contributed by atoms with Crippen LogP contribution < -0.4 is 10.9 Å². The van der Waals surface area contributed by atoms with Gasteiger partial charge >= 0.3 is 5.97 Å². The van der Waals surface area contributed by atoms with E-state index in [1.807, 2.05) is 0 Å². The molecule has 1 atom stereocenters. The molecule has 2 aromatic heterocycles. The third-order valence-corrected chi connectivity index (χ3v) is 5.88. The Hall–Kier alpha value is -2.22. The van der Waals surface area contributed by atoms with Crippen molar-refractivity contribution in [1.82, 2.24) is 14.9 Å². The van der Waals surface area contributed by atoms with Crippen molar-refractivity contribution in [2.45, 2.75) is 58.5 Å². The number of nitrogens with zero attached hydrogens (tertiary/aromatic N) is 2. The van der Waals surface area contributed by atoms with Crippen LogP contribution in [-0.2, 0) is 22.5 Å². The molecule has 1 N–H and O–H groups in total. The highest BCUT2D eigenvalue weighted by Gasteiger charge is 2.23. The monoisotopic (exact) mass is 377 g/mol. The van der Waals surface area contributed by atoms with Gasteiger partial charge in [-0.25, -0.2) is 4.98 Å². The van der Waals surface area contributed by atoms with Crippen LogP contribution in [-0.4, -0.2) is 34.6 Å². The average molecular weight is 377 g/mol. The highest BCUT2D eigenvalue weighted by Crippen LogP contribution is 2.28. The van der Waals surface area contributed by atoms with Crippen molar-refractivity contribution < 1.29 is 14.3 Å². The fraction of sp³-hybridized carbons (Fsp3) is 0.556. The molecule has 0 bridgehead atoms. The number of hydrogen-bond acceptors (Lipinski definition) is 6. The first-order chi connectivity index (χ1) is 12.4. The Bertz CT molecular complexity index is 915. The SMILES string of the molecule is COC(=O)CC(C)NC(=O)c1sc2nc3n(c(=O)c2c1C)CCCCC3. The number of rotatable bonds is 4. The van der Waals surface area contributed by atoms with Gasteiger partial charge in [0.05, 0.1) is 23.8 Å². The van der Waals surface area contributed by atoms with Crippen LogP contribution in [0.1, 0.15) is 53.7 Å². The maximum absolute atomic E-state index is 12.9. The number of thiophene rings is 1. The molecule has 0 aromatic carbocycles. The van der Waals surface area contributed by atoms with Crippen molar-refractivity contribution in [2.75, 3.05) is 7.11 Å². The van der Waals surface area contributed by atoms with E-state index in [1.165, 1.54) is 18.4 Å². The lowest BCUT2D eigenvalue weighted by atomic mass is 10.2. The minimum Gasteiger partial charge on any atom is -0.469 e. The predicted molar refractivity (Wildman–Crippen MR) is 99.7 cm³/mol. The van der Waals surface area contributed by atoms with Crippen LogP contribution in [0.15, 0.2) is 4.79 Å². The van der Waals surface area contributed by atoms with Gasteiger partial charge in [-0.3, -0.25) is 19.0 Å². The number of aromatic nitrogens is 2. The molecular formula is C18H23N3O4S. The number of fused-ring (bicyclic) bond motifs is 2. The second-order valence-electron chi connectivity index (χ2n) is 6.69. The van der Waals surface area contributed by atoms with E-state index in [0.29, 0.717) is 27.2 Å². The van der Waals surface area contributed by atoms with Gasteiger partial charge in [0, 0.05) is 19.0 Å². The maximum atomic E-state index is 12.9. The topological polar surface area (TPSA) is 90.3 Å². The van der Waals surface area contributed by atoms with Crippen LogP contribution in [0.2, 0.25) is 0 Å². The van der Waals surface area contributed by atoms with Gasteiger partial charge in [-0.2, -0.15) is 0 Å². The van der Waals surface area contributed by atoms with E-state index in [-0.39, 0.29) is 29.9 Å². The molecule has 1 unspecified atom stereocenters. The van der Waals surface area contributed by atoms with Crippen molar-refractivity contribution in [2.24, 2.45) is 0 Å². The first kappa shape index (κ1) is 18.6. The molecule has 1 aliphatic heterocycles. The highest BCUT2D eigenvalue weighted by atomic mass is 32.1. The summed E-state index contributed by atoms with van der Waals surface area (Å²) in [4.78, 5) is 42.6. The molecule has 3 rings (SSSR count). The number of carbonyl (C=O) groups is 2. The summed E-state index contributed by atoms with van der Waals surface area (Å²) in [5.41, 5.74) is 0.604. The molecule has 0 saturated carbocycles. The minimum atomic E-state index is -0.380. The number of aryl methyl sites for hydroxylation is 2. The third-order valence-electron chi connectivity index (χ3n) is 4.70. The summed E-state index contributed by atoms with van der Waals surface area (Å²) >= 11 is 1.24. The Morgan fingerprint density at radius 1 is 1.35 bits per heavy atom. The van der Waals surface area contributed by atoms with Crippen LogP contribution in [0.25, 0.3) is 10.2 Å². The molecule has 3 heterocycles. The van der Waals surface area contributed by atoms with E-state index in [9.17, 15) is 14.4 Å². The first-order valence-corrected chi connectivity index (χ1v) is 9.64.